The van der Waals surface area contributed by atoms with Crippen LogP contribution >= 0.6 is 0 Å². The van der Waals surface area contributed by atoms with Gasteiger partial charge in [0.15, 0.2) is 14.2 Å². The zero-order chi connectivity index (χ0) is 19.6. The summed E-state index contributed by atoms with van der Waals surface area (Å²) in [6.07, 6.45) is 0.431. The van der Waals surface area contributed by atoms with Gasteiger partial charge in [-0.15, -0.1) is 0 Å². The molecule has 0 bridgehead atoms. The number of hydrogen-bond acceptors (Lipinski definition) is 5. The topological polar surface area (TPSA) is 80.2 Å². The third-order valence-electron chi connectivity index (χ3n) is 6.61. The summed E-state index contributed by atoms with van der Waals surface area (Å²) < 4.78 is 12.5. The third kappa shape index (κ3) is 2.75. The molecule has 2 N–H and O–H groups in total. The van der Waals surface area contributed by atoms with E-state index in [0.717, 1.165) is 5.56 Å². The Morgan fingerprint density at radius 1 is 1.37 bits per heavy atom. The van der Waals surface area contributed by atoms with E-state index in [2.05, 4.69) is 44.2 Å². The van der Waals surface area contributed by atoms with Gasteiger partial charge in [-0.05, 0) is 48.7 Å². The highest BCUT2D eigenvalue weighted by molar-refractivity contribution is 6.74. The lowest BCUT2D eigenvalue weighted by Crippen LogP contribution is -2.54. The largest absolute Gasteiger partial charge is 0.473 e. The predicted octanol–water partition coefficient (Wildman–Crippen LogP) is 3.27. The number of ether oxygens (including phenoxy) is 1. The normalized spacial score (nSPS) is 29.4. The Kier molecular flexibility index (Phi) is 4.07. The predicted molar refractivity (Wildman–Crippen MR) is 106 cm³/mol. The minimum Gasteiger partial charge on any atom is -0.473 e. The summed E-state index contributed by atoms with van der Waals surface area (Å²) in [7, 11) is -1.84. The molecule has 1 spiro atoms. The molecule has 3 atom stereocenters. The molecule has 27 heavy (non-hydrogen) atoms. The number of nitrogens with zero attached hydrogens (tertiary/aromatic N) is 1. The number of carbonyl (C=O) groups excluding carboxylic acids is 1. The molecular formula is C20H28N2O4Si. The Morgan fingerprint density at radius 3 is 2.81 bits per heavy atom. The van der Waals surface area contributed by atoms with Crippen LogP contribution in [0.2, 0.25) is 18.1 Å². The molecule has 1 amide bonds. The molecular weight excluding hydrogens is 360 g/mol. The van der Waals surface area contributed by atoms with Gasteiger partial charge >= 0.3 is 0 Å². The number of nitrogens with one attached hydrogen (secondary N) is 1. The van der Waals surface area contributed by atoms with Crippen molar-refractivity contribution < 1.29 is 19.1 Å². The lowest BCUT2D eigenvalue weighted by molar-refractivity contribution is -0.125. The minimum atomic E-state index is -1.84. The molecule has 1 aromatic carbocycles. The number of fused-ring (bicyclic) bond motifs is 1. The number of rotatable bonds is 3. The van der Waals surface area contributed by atoms with Crippen molar-refractivity contribution in [1.82, 2.24) is 5.32 Å². The fourth-order valence-corrected chi connectivity index (χ4v) is 4.81. The fraction of sp³-hybridized carbons (Fsp3) is 0.600. The van der Waals surface area contributed by atoms with Crippen LogP contribution in [0, 0.1) is 5.92 Å². The van der Waals surface area contributed by atoms with Crippen LogP contribution in [-0.2, 0) is 15.8 Å². The summed E-state index contributed by atoms with van der Waals surface area (Å²) in [5.74, 6) is 0.565. The van der Waals surface area contributed by atoms with E-state index in [1.54, 1.807) is 0 Å². The third-order valence-corrected chi connectivity index (χ3v) is 11.1. The molecule has 2 fully saturated rings. The Labute approximate surface area is 161 Å². The Balaban J connectivity index is 1.60. The molecule has 1 saturated carbocycles. The monoisotopic (exact) mass is 388 g/mol. The van der Waals surface area contributed by atoms with Gasteiger partial charge in [-0.25, -0.2) is 4.99 Å². The number of aliphatic hydroxyl groups excluding tert-OH is 1. The van der Waals surface area contributed by atoms with Crippen molar-refractivity contribution in [2.45, 2.75) is 70.1 Å². The SMILES string of the molecule is CC(C)(C)[Si](C)(C)OCc1ccc2c(c1)N=C1NC(=O)[C@H]3CC[C@@H](O)[C@@]13O2. The van der Waals surface area contributed by atoms with E-state index in [4.69, 9.17) is 9.16 Å². The molecule has 1 aliphatic carbocycles. The van der Waals surface area contributed by atoms with Crippen molar-refractivity contribution in [2.24, 2.45) is 10.9 Å². The minimum absolute atomic E-state index is 0.111. The van der Waals surface area contributed by atoms with Crippen molar-refractivity contribution in [1.29, 1.82) is 0 Å². The quantitative estimate of drug-likeness (QED) is 0.779. The lowest BCUT2D eigenvalue weighted by atomic mass is 9.90. The molecule has 6 nitrogen and oxygen atoms in total. The van der Waals surface area contributed by atoms with Gasteiger partial charge in [-0.2, -0.15) is 0 Å². The van der Waals surface area contributed by atoms with Crippen molar-refractivity contribution in [3.05, 3.63) is 23.8 Å². The number of hydrogen-bond donors (Lipinski definition) is 2. The number of benzene rings is 1. The zero-order valence-corrected chi connectivity index (χ0v) is 17.6. The van der Waals surface area contributed by atoms with Crippen LogP contribution in [0.5, 0.6) is 5.75 Å². The van der Waals surface area contributed by atoms with Gasteiger partial charge in [-0.3, -0.25) is 4.79 Å². The van der Waals surface area contributed by atoms with Crippen molar-refractivity contribution in [3.63, 3.8) is 0 Å². The highest BCUT2D eigenvalue weighted by Crippen LogP contribution is 2.49. The molecule has 4 rings (SSSR count). The van der Waals surface area contributed by atoms with Crippen LogP contribution in [-0.4, -0.2) is 36.9 Å². The number of aliphatic imine (C=N–C) groups is 1. The van der Waals surface area contributed by atoms with Gasteiger partial charge in [0.05, 0.1) is 12.5 Å². The van der Waals surface area contributed by atoms with Crippen molar-refractivity contribution in [3.8, 4) is 5.75 Å². The molecule has 1 aromatic rings. The molecule has 1 saturated heterocycles. The average molecular weight is 389 g/mol. The van der Waals surface area contributed by atoms with Crippen LogP contribution in [0.1, 0.15) is 39.2 Å². The first kappa shape index (κ1) is 18.7. The van der Waals surface area contributed by atoms with Crippen LogP contribution < -0.4 is 10.1 Å². The molecule has 2 aliphatic heterocycles. The van der Waals surface area contributed by atoms with E-state index in [1.165, 1.54) is 0 Å². The summed E-state index contributed by atoms with van der Waals surface area (Å²) in [6.45, 7) is 11.6. The van der Waals surface area contributed by atoms with Crippen LogP contribution in [0.15, 0.2) is 23.2 Å². The Bertz CT molecular complexity index is 830. The van der Waals surface area contributed by atoms with Crippen molar-refractivity contribution in [2.75, 3.05) is 0 Å². The Morgan fingerprint density at radius 2 is 2.11 bits per heavy atom. The lowest BCUT2D eigenvalue weighted by Gasteiger charge is -2.36. The molecule has 146 valence electrons. The van der Waals surface area contributed by atoms with Gasteiger partial charge in [-0.1, -0.05) is 26.8 Å². The second-order valence-corrected chi connectivity index (χ2v) is 14.2. The molecule has 7 heteroatoms. The first-order chi connectivity index (χ1) is 12.5. The Hall–Kier alpha value is -1.70. The summed E-state index contributed by atoms with van der Waals surface area (Å²) in [6, 6.07) is 5.80. The van der Waals surface area contributed by atoms with Gasteiger partial charge in [0.1, 0.15) is 17.5 Å². The number of amidine groups is 1. The molecule has 0 radical (unpaired) electrons. The number of amides is 1. The van der Waals surface area contributed by atoms with E-state index >= 15 is 0 Å². The average Bonchev–Trinajstić information content (AvgIpc) is 3.04. The highest BCUT2D eigenvalue weighted by Gasteiger charge is 2.64. The summed E-state index contributed by atoms with van der Waals surface area (Å²) in [5, 5.41) is 13.5. The zero-order valence-electron chi connectivity index (χ0n) is 16.6. The van der Waals surface area contributed by atoms with E-state index in [9.17, 15) is 9.90 Å². The number of aliphatic hydroxyl groups is 1. The maximum atomic E-state index is 12.3. The second kappa shape index (κ2) is 5.89. The van der Waals surface area contributed by atoms with E-state index in [-0.39, 0.29) is 16.9 Å². The first-order valence-electron chi connectivity index (χ1n) is 9.58. The van der Waals surface area contributed by atoms with Gasteiger partial charge in [0.25, 0.3) is 0 Å². The summed E-state index contributed by atoms with van der Waals surface area (Å²) in [4.78, 5) is 16.9. The van der Waals surface area contributed by atoms with E-state index < -0.39 is 20.0 Å². The van der Waals surface area contributed by atoms with Gasteiger partial charge < -0.3 is 19.6 Å². The van der Waals surface area contributed by atoms with E-state index in [0.29, 0.717) is 36.7 Å². The summed E-state index contributed by atoms with van der Waals surface area (Å²) >= 11 is 0. The maximum Gasteiger partial charge on any atom is 0.233 e. The van der Waals surface area contributed by atoms with Gasteiger partial charge in [0.2, 0.25) is 11.5 Å². The van der Waals surface area contributed by atoms with E-state index in [1.807, 2.05) is 18.2 Å². The number of carbonyl (C=O) groups is 1. The second-order valence-electron chi connectivity index (χ2n) is 9.34. The van der Waals surface area contributed by atoms with Crippen LogP contribution in [0.4, 0.5) is 5.69 Å². The molecule has 2 heterocycles. The molecule has 0 unspecified atom stereocenters. The van der Waals surface area contributed by atoms with Crippen LogP contribution in [0.3, 0.4) is 0 Å². The standard InChI is InChI=1S/C20H28N2O4Si/c1-19(2,3)27(4,5)25-11-12-6-8-15-14(10-12)21-18-20(26-15)13(17(24)22-18)7-9-16(20)23/h6,8,10,13,16,23H,7,9,11H2,1-5H3,(H,21,22,24)/t13-,16-,20-/m1/s1. The van der Waals surface area contributed by atoms with Crippen LogP contribution in [0.25, 0.3) is 0 Å². The summed E-state index contributed by atoms with van der Waals surface area (Å²) in [5.41, 5.74) is 0.658. The molecule has 0 aromatic heterocycles. The maximum absolute atomic E-state index is 12.3. The van der Waals surface area contributed by atoms with Gasteiger partial charge in [0, 0.05) is 0 Å². The fourth-order valence-electron chi connectivity index (χ4n) is 3.85. The smallest absolute Gasteiger partial charge is 0.233 e. The highest BCUT2D eigenvalue weighted by atomic mass is 28.4. The van der Waals surface area contributed by atoms with Crippen molar-refractivity contribution >= 4 is 25.7 Å². The first-order valence-corrected chi connectivity index (χ1v) is 12.5. The molecule has 3 aliphatic rings.